The average molecular weight is 309 g/mol. The highest BCUT2D eigenvalue weighted by atomic mass is 32.2. The number of hydrogen-bond acceptors (Lipinski definition) is 4. The van der Waals surface area contributed by atoms with Gasteiger partial charge in [-0.3, -0.25) is 4.79 Å². The van der Waals surface area contributed by atoms with Crippen molar-refractivity contribution >= 4 is 23.6 Å². The first-order valence-corrected chi connectivity index (χ1v) is 7.99. The molecule has 1 aliphatic rings. The van der Waals surface area contributed by atoms with Crippen molar-refractivity contribution in [3.05, 3.63) is 29.3 Å². The first-order chi connectivity index (χ1) is 9.87. The molecule has 0 saturated carbocycles. The molecule has 0 radical (unpaired) electrons. The van der Waals surface area contributed by atoms with Crippen LogP contribution in [0.25, 0.3) is 0 Å². The number of carboxylic acid groups (broad SMARTS) is 1. The standard InChI is InChI=1S/C15H19NO4S/c1-10-3-4-11(21-2)9-12(10)13(17)16-7-5-15(20,6-8-16)14(18)19/h3-4,9,20H,5-8H2,1-2H3,(H,18,19). The minimum absolute atomic E-state index is 0.0648. The molecule has 1 aliphatic heterocycles. The summed E-state index contributed by atoms with van der Waals surface area (Å²) >= 11 is 1.57. The van der Waals surface area contributed by atoms with Crippen LogP contribution in [0.2, 0.25) is 0 Å². The molecule has 1 fully saturated rings. The van der Waals surface area contributed by atoms with Gasteiger partial charge in [-0.2, -0.15) is 0 Å². The van der Waals surface area contributed by atoms with E-state index in [1.54, 1.807) is 16.7 Å². The second kappa shape index (κ2) is 6.07. The van der Waals surface area contributed by atoms with E-state index < -0.39 is 11.6 Å². The van der Waals surface area contributed by atoms with Gasteiger partial charge in [0.2, 0.25) is 0 Å². The van der Waals surface area contributed by atoms with Crippen LogP contribution < -0.4 is 0 Å². The van der Waals surface area contributed by atoms with Crippen LogP contribution in [0.1, 0.15) is 28.8 Å². The van der Waals surface area contributed by atoms with Gasteiger partial charge < -0.3 is 15.1 Å². The molecular weight excluding hydrogens is 290 g/mol. The van der Waals surface area contributed by atoms with Crippen molar-refractivity contribution in [3.8, 4) is 0 Å². The Morgan fingerprint density at radius 1 is 1.29 bits per heavy atom. The first kappa shape index (κ1) is 15.9. The lowest BCUT2D eigenvalue weighted by Crippen LogP contribution is -2.50. The van der Waals surface area contributed by atoms with Gasteiger partial charge in [0.15, 0.2) is 5.60 Å². The molecule has 0 aromatic heterocycles. The average Bonchev–Trinajstić information content (AvgIpc) is 2.48. The normalized spacial score (nSPS) is 17.6. The number of likely N-dealkylation sites (tertiary alicyclic amines) is 1. The third-order valence-electron chi connectivity index (χ3n) is 3.95. The van der Waals surface area contributed by atoms with Crippen molar-refractivity contribution in [1.82, 2.24) is 4.90 Å². The summed E-state index contributed by atoms with van der Waals surface area (Å²) in [7, 11) is 0. The van der Waals surface area contributed by atoms with E-state index in [-0.39, 0.29) is 31.8 Å². The molecule has 114 valence electrons. The van der Waals surface area contributed by atoms with Crippen molar-refractivity contribution in [2.75, 3.05) is 19.3 Å². The smallest absolute Gasteiger partial charge is 0.335 e. The molecule has 1 amide bonds. The number of thioether (sulfide) groups is 1. The number of carboxylic acids is 1. The van der Waals surface area contributed by atoms with Crippen LogP contribution in [0.3, 0.4) is 0 Å². The Kier molecular flexibility index (Phi) is 4.58. The number of piperidine rings is 1. The van der Waals surface area contributed by atoms with Gasteiger partial charge in [-0.05, 0) is 30.9 Å². The fourth-order valence-electron chi connectivity index (χ4n) is 2.42. The Morgan fingerprint density at radius 2 is 1.90 bits per heavy atom. The van der Waals surface area contributed by atoms with Crippen LogP contribution in [-0.4, -0.2) is 51.9 Å². The maximum absolute atomic E-state index is 12.6. The monoisotopic (exact) mass is 309 g/mol. The summed E-state index contributed by atoms with van der Waals surface area (Å²) in [4.78, 5) is 26.2. The molecule has 1 aromatic rings. The van der Waals surface area contributed by atoms with Gasteiger partial charge in [0, 0.05) is 36.4 Å². The van der Waals surface area contributed by atoms with Gasteiger partial charge in [-0.25, -0.2) is 4.79 Å². The number of aliphatic hydroxyl groups is 1. The summed E-state index contributed by atoms with van der Waals surface area (Å²) in [5, 5.41) is 18.9. The zero-order valence-electron chi connectivity index (χ0n) is 12.1. The summed E-state index contributed by atoms with van der Waals surface area (Å²) in [6.07, 6.45) is 2.08. The van der Waals surface area contributed by atoms with Gasteiger partial charge in [-0.1, -0.05) is 6.07 Å². The largest absolute Gasteiger partial charge is 0.479 e. The molecule has 0 aliphatic carbocycles. The number of aryl methyl sites for hydroxylation is 1. The molecule has 0 spiro atoms. The Labute approximate surface area is 128 Å². The van der Waals surface area contributed by atoms with Crippen molar-refractivity contribution in [2.45, 2.75) is 30.3 Å². The Hall–Kier alpha value is -1.53. The quantitative estimate of drug-likeness (QED) is 0.832. The van der Waals surface area contributed by atoms with Crippen LogP contribution in [0.15, 0.2) is 23.1 Å². The second-order valence-electron chi connectivity index (χ2n) is 5.31. The van der Waals surface area contributed by atoms with E-state index in [4.69, 9.17) is 5.11 Å². The maximum Gasteiger partial charge on any atom is 0.335 e. The molecule has 6 heteroatoms. The van der Waals surface area contributed by atoms with Crippen molar-refractivity contribution in [1.29, 1.82) is 0 Å². The molecule has 1 heterocycles. The molecule has 0 bridgehead atoms. The van der Waals surface area contributed by atoms with E-state index in [9.17, 15) is 14.7 Å². The molecule has 21 heavy (non-hydrogen) atoms. The van der Waals surface area contributed by atoms with Crippen molar-refractivity contribution < 1.29 is 19.8 Å². The maximum atomic E-state index is 12.6. The predicted molar refractivity (Wildman–Crippen MR) is 80.7 cm³/mol. The lowest BCUT2D eigenvalue weighted by atomic mass is 9.91. The Balaban J connectivity index is 2.14. The van der Waals surface area contributed by atoms with Gasteiger partial charge in [-0.15, -0.1) is 11.8 Å². The highest BCUT2D eigenvalue weighted by Gasteiger charge is 2.40. The third kappa shape index (κ3) is 3.22. The van der Waals surface area contributed by atoms with Gasteiger partial charge in [0.25, 0.3) is 5.91 Å². The zero-order valence-corrected chi connectivity index (χ0v) is 12.9. The van der Waals surface area contributed by atoms with Gasteiger partial charge >= 0.3 is 5.97 Å². The lowest BCUT2D eigenvalue weighted by Gasteiger charge is -2.35. The SMILES string of the molecule is CSc1ccc(C)c(C(=O)N2CCC(O)(C(=O)O)CC2)c1. The van der Waals surface area contributed by atoms with E-state index in [2.05, 4.69) is 0 Å². The fraction of sp³-hybridized carbons (Fsp3) is 0.467. The molecular formula is C15H19NO4S. The number of rotatable bonds is 3. The summed E-state index contributed by atoms with van der Waals surface area (Å²) in [5.41, 5.74) is -0.160. The summed E-state index contributed by atoms with van der Waals surface area (Å²) < 4.78 is 0. The van der Waals surface area contributed by atoms with Crippen LogP contribution in [0.4, 0.5) is 0 Å². The zero-order chi connectivity index (χ0) is 15.6. The van der Waals surface area contributed by atoms with Gasteiger partial charge in [0.05, 0.1) is 0 Å². The Morgan fingerprint density at radius 3 is 2.43 bits per heavy atom. The van der Waals surface area contributed by atoms with Crippen molar-refractivity contribution in [2.24, 2.45) is 0 Å². The molecule has 1 saturated heterocycles. The number of benzene rings is 1. The van der Waals surface area contributed by atoms with Gasteiger partial charge in [0.1, 0.15) is 0 Å². The summed E-state index contributed by atoms with van der Waals surface area (Å²) in [5.74, 6) is -1.31. The molecule has 2 N–H and O–H groups in total. The summed E-state index contributed by atoms with van der Waals surface area (Å²) in [6.45, 7) is 2.39. The number of hydrogen-bond donors (Lipinski definition) is 2. The highest BCUT2D eigenvalue weighted by Crippen LogP contribution is 2.25. The Bertz CT molecular complexity index is 565. The number of aliphatic carboxylic acids is 1. The van der Waals surface area contributed by atoms with Crippen molar-refractivity contribution in [3.63, 3.8) is 0 Å². The highest BCUT2D eigenvalue weighted by molar-refractivity contribution is 7.98. The molecule has 2 rings (SSSR count). The lowest BCUT2D eigenvalue weighted by molar-refractivity contribution is -0.162. The fourth-order valence-corrected chi connectivity index (χ4v) is 2.86. The van der Waals surface area contributed by atoms with E-state index in [0.717, 1.165) is 10.5 Å². The van der Waals surface area contributed by atoms with E-state index in [0.29, 0.717) is 5.56 Å². The molecule has 1 aromatic carbocycles. The van der Waals surface area contributed by atoms with Crippen LogP contribution in [-0.2, 0) is 4.79 Å². The molecule has 0 atom stereocenters. The number of amides is 1. The van der Waals surface area contributed by atoms with E-state index in [1.165, 1.54) is 0 Å². The van der Waals surface area contributed by atoms with E-state index >= 15 is 0 Å². The second-order valence-corrected chi connectivity index (χ2v) is 6.19. The minimum atomic E-state index is -1.70. The van der Waals surface area contributed by atoms with Crippen LogP contribution in [0.5, 0.6) is 0 Å². The van der Waals surface area contributed by atoms with Crippen LogP contribution >= 0.6 is 11.8 Å². The molecule has 0 unspecified atom stereocenters. The van der Waals surface area contributed by atoms with E-state index in [1.807, 2.05) is 31.4 Å². The topological polar surface area (TPSA) is 77.8 Å². The molecule has 5 nitrogen and oxygen atoms in total. The van der Waals surface area contributed by atoms with Crippen LogP contribution in [0, 0.1) is 6.92 Å². The predicted octanol–water partition coefficient (Wildman–Crippen LogP) is 1.77. The summed E-state index contributed by atoms with van der Waals surface area (Å²) in [6, 6.07) is 5.74. The third-order valence-corrected chi connectivity index (χ3v) is 4.68. The number of carbonyl (C=O) groups excluding carboxylic acids is 1. The number of carbonyl (C=O) groups is 2. The number of nitrogens with zero attached hydrogens (tertiary/aromatic N) is 1. The first-order valence-electron chi connectivity index (χ1n) is 6.77. The minimum Gasteiger partial charge on any atom is -0.479 e.